The van der Waals surface area contributed by atoms with Gasteiger partial charge in [-0.25, -0.2) is 4.79 Å². The van der Waals surface area contributed by atoms with Crippen molar-refractivity contribution >= 4 is 34.5 Å². The van der Waals surface area contributed by atoms with Crippen LogP contribution in [0.4, 0.5) is 24.5 Å². The number of amides is 1. The molecule has 1 aliphatic rings. The lowest BCUT2D eigenvalue weighted by atomic mass is 9.99. The van der Waals surface area contributed by atoms with E-state index in [1.54, 1.807) is 0 Å². The fraction of sp³-hybridized carbons (Fsp3) is 0.185. The van der Waals surface area contributed by atoms with Crippen LogP contribution in [0.2, 0.25) is 0 Å². The molecule has 0 aliphatic carbocycles. The molecule has 0 fully saturated rings. The van der Waals surface area contributed by atoms with Gasteiger partial charge in [-0.1, -0.05) is 48.5 Å². The van der Waals surface area contributed by atoms with Crippen LogP contribution in [0.1, 0.15) is 27.0 Å². The van der Waals surface area contributed by atoms with Gasteiger partial charge in [-0.2, -0.15) is 13.2 Å². The molecule has 0 radical (unpaired) electrons. The van der Waals surface area contributed by atoms with Gasteiger partial charge in [0.25, 0.3) is 5.91 Å². The molecule has 3 aromatic carbocycles. The highest BCUT2D eigenvalue weighted by atomic mass is 19.4. The predicted molar refractivity (Wildman–Crippen MR) is 132 cm³/mol. The monoisotopic (exact) mass is 495 g/mol. The van der Waals surface area contributed by atoms with Gasteiger partial charge in [0.05, 0.1) is 22.5 Å². The van der Waals surface area contributed by atoms with Gasteiger partial charge in [-0.05, 0) is 49.5 Å². The number of hydrogen-bond acceptors (Lipinski definition) is 5. The molecule has 36 heavy (non-hydrogen) atoms. The Hall–Kier alpha value is -4.11. The van der Waals surface area contributed by atoms with Gasteiger partial charge < -0.3 is 20.3 Å². The maximum atomic E-state index is 13.1. The fourth-order valence-electron chi connectivity index (χ4n) is 3.87. The number of nitrogens with zero attached hydrogens (tertiary/aromatic N) is 1. The number of anilines is 2. The van der Waals surface area contributed by atoms with Gasteiger partial charge in [0.15, 0.2) is 6.61 Å². The molecule has 0 unspecified atom stereocenters. The summed E-state index contributed by atoms with van der Waals surface area (Å²) in [6.07, 6.45) is -4.63. The van der Waals surface area contributed by atoms with E-state index in [4.69, 9.17) is 0 Å². The Morgan fingerprint density at radius 2 is 1.67 bits per heavy atom. The normalized spacial score (nSPS) is 14.3. The van der Waals surface area contributed by atoms with E-state index in [0.717, 1.165) is 23.4 Å². The van der Waals surface area contributed by atoms with E-state index in [1.807, 2.05) is 68.7 Å². The Morgan fingerprint density at radius 3 is 2.31 bits per heavy atom. The van der Waals surface area contributed by atoms with Gasteiger partial charge >= 0.3 is 12.1 Å². The van der Waals surface area contributed by atoms with Crippen LogP contribution in [0, 0.1) is 0 Å². The summed E-state index contributed by atoms with van der Waals surface area (Å²) in [4.78, 5) is 27.2. The molecular formula is C27H24F3N3O3. The molecule has 9 heteroatoms. The molecule has 0 aromatic heterocycles. The zero-order valence-electron chi connectivity index (χ0n) is 19.6. The first-order chi connectivity index (χ1) is 17.1. The Kier molecular flexibility index (Phi) is 7.12. The van der Waals surface area contributed by atoms with E-state index < -0.39 is 24.7 Å². The fourth-order valence-corrected chi connectivity index (χ4v) is 3.87. The minimum Gasteiger partial charge on any atom is -0.452 e. The van der Waals surface area contributed by atoms with Crippen molar-refractivity contribution in [3.05, 3.63) is 95.1 Å². The summed E-state index contributed by atoms with van der Waals surface area (Å²) >= 11 is 0. The van der Waals surface area contributed by atoms with Crippen molar-refractivity contribution in [2.45, 2.75) is 12.7 Å². The number of fused-ring (bicyclic) bond motifs is 1. The maximum absolute atomic E-state index is 13.1. The zero-order chi connectivity index (χ0) is 25.9. The number of alkyl halides is 3. The molecule has 4 rings (SSSR count). The second kappa shape index (κ2) is 10.2. The van der Waals surface area contributed by atoms with E-state index in [1.165, 1.54) is 18.2 Å². The Bertz CT molecular complexity index is 1300. The number of hydrogen-bond donors (Lipinski definition) is 2. The predicted octanol–water partition coefficient (Wildman–Crippen LogP) is 5.40. The van der Waals surface area contributed by atoms with Crippen molar-refractivity contribution in [2.75, 3.05) is 31.3 Å². The molecule has 0 saturated carbocycles. The molecule has 0 bridgehead atoms. The molecule has 1 aliphatic heterocycles. The topological polar surface area (TPSA) is 70.7 Å². The number of benzene rings is 3. The number of esters is 1. The van der Waals surface area contributed by atoms with E-state index >= 15 is 0 Å². The van der Waals surface area contributed by atoms with Crippen molar-refractivity contribution in [2.24, 2.45) is 0 Å². The maximum Gasteiger partial charge on any atom is 0.422 e. The summed E-state index contributed by atoms with van der Waals surface area (Å²) in [6, 6.07) is 21.3. The van der Waals surface area contributed by atoms with E-state index in [0.29, 0.717) is 22.5 Å². The Balaban J connectivity index is 1.70. The van der Waals surface area contributed by atoms with Crippen LogP contribution in [0.15, 0.2) is 72.8 Å². The minimum atomic E-state index is -4.63. The number of rotatable bonds is 7. The van der Waals surface area contributed by atoms with Crippen molar-refractivity contribution in [1.29, 1.82) is 0 Å². The van der Waals surface area contributed by atoms with Crippen LogP contribution in [0.5, 0.6) is 0 Å². The minimum absolute atomic E-state index is 0.0924. The van der Waals surface area contributed by atoms with Crippen LogP contribution < -0.4 is 10.6 Å². The smallest absolute Gasteiger partial charge is 0.422 e. The zero-order valence-corrected chi connectivity index (χ0v) is 19.6. The van der Waals surface area contributed by atoms with Crippen molar-refractivity contribution in [1.82, 2.24) is 4.90 Å². The summed E-state index contributed by atoms with van der Waals surface area (Å²) < 4.78 is 41.6. The summed E-state index contributed by atoms with van der Waals surface area (Å²) in [5.41, 5.74) is 4.32. The SMILES string of the molecule is CN(C)Cc1ccc(NC(=C2C(=O)Nc3cc(C(=O)OCC(F)(F)F)ccc32)c2ccccc2)cc1. The van der Waals surface area contributed by atoms with E-state index in [2.05, 4.69) is 20.3 Å². The quantitative estimate of drug-likeness (QED) is 0.339. The van der Waals surface area contributed by atoms with Crippen LogP contribution in [0.3, 0.4) is 0 Å². The van der Waals surface area contributed by atoms with Crippen LogP contribution >= 0.6 is 0 Å². The third-order valence-corrected chi connectivity index (χ3v) is 5.40. The molecule has 0 spiro atoms. The largest absolute Gasteiger partial charge is 0.452 e. The van der Waals surface area contributed by atoms with Gasteiger partial charge in [-0.3, -0.25) is 4.79 Å². The molecule has 3 aromatic rings. The third kappa shape index (κ3) is 5.92. The summed E-state index contributed by atoms with van der Waals surface area (Å²) in [6.45, 7) is -0.897. The average Bonchev–Trinajstić information content (AvgIpc) is 3.16. The molecule has 6 nitrogen and oxygen atoms in total. The van der Waals surface area contributed by atoms with Gasteiger partial charge in [0.2, 0.25) is 0 Å². The first kappa shape index (κ1) is 25.0. The lowest BCUT2D eigenvalue weighted by Crippen LogP contribution is -2.20. The van der Waals surface area contributed by atoms with Crippen molar-refractivity contribution in [3.8, 4) is 0 Å². The van der Waals surface area contributed by atoms with E-state index in [9.17, 15) is 22.8 Å². The lowest BCUT2D eigenvalue weighted by Gasteiger charge is -2.16. The van der Waals surface area contributed by atoms with Crippen LogP contribution in [-0.4, -0.2) is 43.7 Å². The van der Waals surface area contributed by atoms with Crippen LogP contribution in [-0.2, 0) is 16.1 Å². The number of carbonyl (C=O) groups excluding carboxylic acids is 2. The lowest BCUT2D eigenvalue weighted by molar-refractivity contribution is -0.161. The van der Waals surface area contributed by atoms with Gasteiger partial charge in [0.1, 0.15) is 0 Å². The Labute approximate surface area is 206 Å². The molecular weight excluding hydrogens is 471 g/mol. The molecule has 0 saturated heterocycles. The first-order valence-corrected chi connectivity index (χ1v) is 11.1. The summed E-state index contributed by atoms with van der Waals surface area (Å²) in [5.74, 6) is -1.53. The standard InChI is InChI=1S/C27H24F3N3O3/c1-33(2)15-17-8-11-20(12-9-17)31-24(18-6-4-3-5-7-18)23-21-13-10-19(14-22(21)32-25(23)34)26(35)36-16-27(28,29)30/h3-14,31H,15-16H2,1-2H3,(H,32,34). The highest BCUT2D eigenvalue weighted by molar-refractivity contribution is 6.37. The van der Waals surface area contributed by atoms with Gasteiger partial charge in [-0.15, -0.1) is 0 Å². The molecule has 2 N–H and O–H groups in total. The Morgan fingerprint density at radius 1 is 0.972 bits per heavy atom. The first-order valence-electron chi connectivity index (χ1n) is 11.1. The average molecular weight is 496 g/mol. The van der Waals surface area contributed by atoms with Crippen LogP contribution in [0.25, 0.3) is 11.3 Å². The molecule has 0 atom stereocenters. The molecule has 1 heterocycles. The number of ether oxygens (including phenoxy) is 1. The second-order valence-electron chi connectivity index (χ2n) is 8.58. The molecule has 186 valence electrons. The number of halogens is 3. The van der Waals surface area contributed by atoms with Crippen molar-refractivity contribution < 1.29 is 27.5 Å². The van der Waals surface area contributed by atoms with Gasteiger partial charge in [0, 0.05) is 17.8 Å². The number of carbonyl (C=O) groups is 2. The second-order valence-corrected chi connectivity index (χ2v) is 8.58. The summed E-state index contributed by atoms with van der Waals surface area (Å²) in [7, 11) is 3.98. The molecule has 1 amide bonds. The van der Waals surface area contributed by atoms with E-state index in [-0.39, 0.29) is 5.56 Å². The summed E-state index contributed by atoms with van der Waals surface area (Å²) in [5, 5.41) is 6.06. The highest BCUT2D eigenvalue weighted by Gasteiger charge is 2.32. The highest BCUT2D eigenvalue weighted by Crippen LogP contribution is 2.38. The third-order valence-electron chi connectivity index (χ3n) is 5.40. The van der Waals surface area contributed by atoms with Crippen molar-refractivity contribution in [3.63, 3.8) is 0 Å². The number of nitrogens with one attached hydrogen (secondary N) is 2.